The van der Waals surface area contributed by atoms with Crippen LogP contribution in [0.4, 0.5) is 0 Å². The Kier molecular flexibility index (Phi) is 5.94. The number of fused-ring (bicyclic) bond motifs is 5. The monoisotopic (exact) mass is 498 g/mol. The molecule has 32 heavy (non-hydrogen) atoms. The molecular formula is C25H27BrN2O4. The molecule has 6 nitrogen and oxygen atoms in total. The SMILES string of the molecule is COc1nc2ccc(Br)cc2c2c1C(C)(OCC(O)CN1CCOCC1)c1ccccc1-2. The highest BCUT2D eigenvalue weighted by atomic mass is 79.9. The summed E-state index contributed by atoms with van der Waals surface area (Å²) < 4.78 is 18.7. The third-order valence-corrected chi connectivity index (χ3v) is 6.92. The number of nitrogens with zero attached hydrogens (tertiary/aromatic N) is 2. The minimum absolute atomic E-state index is 0.210. The van der Waals surface area contributed by atoms with Crippen LogP contribution in [-0.4, -0.2) is 67.7 Å². The van der Waals surface area contributed by atoms with E-state index < -0.39 is 11.7 Å². The lowest BCUT2D eigenvalue weighted by atomic mass is 9.93. The predicted molar refractivity (Wildman–Crippen MR) is 127 cm³/mol. The lowest BCUT2D eigenvalue weighted by Crippen LogP contribution is -2.43. The van der Waals surface area contributed by atoms with Gasteiger partial charge in [-0.3, -0.25) is 4.90 Å². The second-order valence-electron chi connectivity index (χ2n) is 8.49. The molecule has 1 fully saturated rings. The average Bonchev–Trinajstić information content (AvgIpc) is 3.08. The van der Waals surface area contributed by atoms with Gasteiger partial charge >= 0.3 is 0 Å². The lowest BCUT2D eigenvalue weighted by molar-refractivity contribution is -0.0636. The van der Waals surface area contributed by atoms with Gasteiger partial charge in [-0.05, 0) is 36.2 Å². The number of morpholine rings is 1. The number of β-amino-alcohol motifs (C(OH)–C–C–N with tert-alkyl or cyclic N) is 1. The molecule has 2 aliphatic rings. The van der Waals surface area contributed by atoms with Gasteiger partial charge in [-0.15, -0.1) is 0 Å². The van der Waals surface area contributed by atoms with Crippen LogP contribution in [0, 0.1) is 0 Å². The van der Waals surface area contributed by atoms with Crippen LogP contribution >= 0.6 is 15.9 Å². The maximum atomic E-state index is 10.7. The molecule has 0 amide bonds. The Morgan fingerprint density at radius 1 is 1.22 bits per heavy atom. The van der Waals surface area contributed by atoms with Crippen molar-refractivity contribution in [3.63, 3.8) is 0 Å². The highest BCUT2D eigenvalue weighted by Crippen LogP contribution is 2.54. The van der Waals surface area contributed by atoms with E-state index in [0.29, 0.717) is 25.6 Å². The Morgan fingerprint density at radius 3 is 2.78 bits per heavy atom. The first-order valence-corrected chi connectivity index (χ1v) is 11.7. The van der Waals surface area contributed by atoms with Gasteiger partial charge in [0.15, 0.2) is 0 Å². The second kappa shape index (κ2) is 8.72. The molecule has 7 heteroatoms. The number of aliphatic hydroxyl groups excluding tert-OH is 1. The molecule has 2 aromatic carbocycles. The highest BCUT2D eigenvalue weighted by molar-refractivity contribution is 9.10. The summed E-state index contributed by atoms with van der Waals surface area (Å²) in [4.78, 5) is 7.01. The summed E-state index contributed by atoms with van der Waals surface area (Å²) in [5.74, 6) is 0.552. The molecule has 1 aliphatic carbocycles. The van der Waals surface area contributed by atoms with Crippen LogP contribution < -0.4 is 4.74 Å². The van der Waals surface area contributed by atoms with Crippen LogP contribution in [0.2, 0.25) is 0 Å². The van der Waals surface area contributed by atoms with E-state index >= 15 is 0 Å². The number of ether oxygens (including phenoxy) is 3. The summed E-state index contributed by atoms with van der Waals surface area (Å²) in [6.45, 7) is 5.90. The number of methoxy groups -OCH3 is 1. The fraction of sp³-hybridized carbons (Fsp3) is 0.400. The van der Waals surface area contributed by atoms with Crippen LogP contribution in [0.15, 0.2) is 46.9 Å². The van der Waals surface area contributed by atoms with E-state index in [9.17, 15) is 5.11 Å². The van der Waals surface area contributed by atoms with Gasteiger partial charge in [-0.1, -0.05) is 40.2 Å². The molecule has 0 radical (unpaired) electrons. The summed E-state index contributed by atoms with van der Waals surface area (Å²) in [5.41, 5.74) is 4.24. The zero-order chi connectivity index (χ0) is 22.3. The largest absolute Gasteiger partial charge is 0.481 e. The van der Waals surface area contributed by atoms with Crippen molar-refractivity contribution in [2.24, 2.45) is 0 Å². The zero-order valence-electron chi connectivity index (χ0n) is 18.3. The molecule has 2 heterocycles. The van der Waals surface area contributed by atoms with E-state index in [1.165, 1.54) is 0 Å². The second-order valence-corrected chi connectivity index (χ2v) is 9.40. The number of aliphatic hydroxyl groups is 1. The fourth-order valence-electron chi connectivity index (χ4n) is 4.88. The minimum atomic E-state index is -0.785. The zero-order valence-corrected chi connectivity index (χ0v) is 19.9. The van der Waals surface area contributed by atoms with Gasteiger partial charge in [-0.25, -0.2) is 4.98 Å². The van der Waals surface area contributed by atoms with Crippen LogP contribution in [0.5, 0.6) is 5.88 Å². The Hall–Kier alpha value is -2.03. The van der Waals surface area contributed by atoms with Crippen molar-refractivity contribution in [2.75, 3.05) is 46.6 Å². The number of halogens is 1. The van der Waals surface area contributed by atoms with E-state index in [1.807, 2.05) is 31.2 Å². The molecule has 2 unspecified atom stereocenters. The van der Waals surface area contributed by atoms with Crippen molar-refractivity contribution >= 4 is 26.8 Å². The van der Waals surface area contributed by atoms with Gasteiger partial charge in [0, 0.05) is 35.1 Å². The first-order valence-electron chi connectivity index (χ1n) is 10.9. The molecule has 2 atom stereocenters. The first-order chi connectivity index (χ1) is 15.5. The number of hydrogen-bond donors (Lipinski definition) is 1. The molecule has 1 N–H and O–H groups in total. The summed E-state index contributed by atoms with van der Waals surface area (Å²) in [7, 11) is 1.64. The van der Waals surface area contributed by atoms with Gasteiger partial charge in [0.05, 0.1) is 44.1 Å². The maximum absolute atomic E-state index is 10.7. The van der Waals surface area contributed by atoms with Crippen LogP contribution in [0.25, 0.3) is 22.0 Å². The number of rotatable bonds is 6. The van der Waals surface area contributed by atoms with Crippen molar-refractivity contribution in [1.29, 1.82) is 0 Å². The Bertz CT molecular complexity index is 1150. The van der Waals surface area contributed by atoms with Crippen molar-refractivity contribution in [3.05, 3.63) is 58.1 Å². The van der Waals surface area contributed by atoms with Crippen molar-refractivity contribution < 1.29 is 19.3 Å². The fourth-order valence-corrected chi connectivity index (χ4v) is 5.24. The van der Waals surface area contributed by atoms with Gasteiger partial charge in [0.2, 0.25) is 5.88 Å². The summed E-state index contributed by atoms with van der Waals surface area (Å²) in [6.07, 6.45) is -0.602. The molecule has 1 aliphatic heterocycles. The van der Waals surface area contributed by atoms with E-state index in [0.717, 1.165) is 50.7 Å². The van der Waals surface area contributed by atoms with Crippen molar-refractivity contribution in [2.45, 2.75) is 18.6 Å². The van der Waals surface area contributed by atoms with Gasteiger partial charge in [-0.2, -0.15) is 0 Å². The van der Waals surface area contributed by atoms with Crippen molar-refractivity contribution in [3.8, 4) is 17.0 Å². The highest BCUT2D eigenvalue weighted by Gasteiger charge is 2.45. The van der Waals surface area contributed by atoms with E-state index in [4.69, 9.17) is 19.2 Å². The molecule has 5 rings (SSSR count). The number of hydrogen-bond acceptors (Lipinski definition) is 6. The molecule has 1 saturated heterocycles. The molecular weight excluding hydrogens is 472 g/mol. The van der Waals surface area contributed by atoms with Crippen LogP contribution in [-0.2, 0) is 15.1 Å². The molecule has 3 aromatic rings. The first kappa shape index (κ1) is 21.8. The molecule has 0 saturated carbocycles. The third-order valence-electron chi connectivity index (χ3n) is 6.43. The Balaban J connectivity index is 1.55. The minimum Gasteiger partial charge on any atom is -0.481 e. The van der Waals surface area contributed by atoms with Gasteiger partial charge < -0.3 is 19.3 Å². The summed E-state index contributed by atoms with van der Waals surface area (Å²) in [5, 5.41) is 11.8. The molecule has 0 bridgehead atoms. The molecule has 1 aromatic heterocycles. The topological polar surface area (TPSA) is 64.0 Å². The number of aromatic nitrogens is 1. The number of benzene rings is 2. The van der Waals surface area contributed by atoms with Crippen LogP contribution in [0.1, 0.15) is 18.1 Å². The smallest absolute Gasteiger partial charge is 0.220 e. The van der Waals surface area contributed by atoms with Crippen LogP contribution in [0.3, 0.4) is 0 Å². The molecule has 0 spiro atoms. The quantitative estimate of drug-likeness (QED) is 0.554. The van der Waals surface area contributed by atoms with Gasteiger partial charge in [0.1, 0.15) is 5.60 Å². The normalized spacial score (nSPS) is 21.4. The molecule has 168 valence electrons. The van der Waals surface area contributed by atoms with Gasteiger partial charge in [0.25, 0.3) is 0 Å². The lowest BCUT2D eigenvalue weighted by Gasteiger charge is -2.32. The summed E-state index contributed by atoms with van der Waals surface area (Å²) in [6, 6.07) is 14.3. The average molecular weight is 499 g/mol. The van der Waals surface area contributed by atoms with E-state index in [-0.39, 0.29) is 6.61 Å². The standard InChI is InChI=1S/C25H27BrN2O4/c1-25(32-15-17(29)14-28-9-11-31-12-10-28)20-6-4-3-5-18(20)22-19-13-16(26)7-8-21(19)27-24(30-2)23(22)25/h3-8,13,17,29H,9-12,14-15H2,1-2H3. The Morgan fingerprint density at radius 2 is 2.00 bits per heavy atom. The Labute approximate surface area is 196 Å². The predicted octanol–water partition coefficient (Wildman–Crippen LogP) is 3.96. The maximum Gasteiger partial charge on any atom is 0.220 e. The van der Waals surface area contributed by atoms with E-state index in [1.54, 1.807) is 7.11 Å². The summed E-state index contributed by atoms with van der Waals surface area (Å²) >= 11 is 3.60. The number of pyridine rings is 1. The third kappa shape index (κ3) is 3.72. The van der Waals surface area contributed by atoms with E-state index in [2.05, 4.69) is 39.0 Å². The van der Waals surface area contributed by atoms with Crippen molar-refractivity contribution in [1.82, 2.24) is 9.88 Å².